The minimum atomic E-state index is -4.25. The number of ether oxygens (including phenoxy) is 1. The average Bonchev–Trinajstić information content (AvgIpc) is 2.50. The molecule has 1 heterocycles. The van der Waals surface area contributed by atoms with Gasteiger partial charge in [0.1, 0.15) is 0 Å². The van der Waals surface area contributed by atoms with Crippen LogP contribution in [0.25, 0.3) is 0 Å². The Morgan fingerprint density at radius 1 is 1.43 bits per heavy atom. The molecule has 0 bridgehead atoms. The van der Waals surface area contributed by atoms with Crippen LogP contribution in [0.4, 0.5) is 17.6 Å². The Morgan fingerprint density at radius 2 is 2.09 bits per heavy atom. The molecule has 0 aliphatic rings. The van der Waals surface area contributed by atoms with Gasteiger partial charge in [0.15, 0.2) is 6.61 Å². The standard InChI is InChI=1S/C13H17F4N3O2.ClH/c1-8(4-18)5-20-11(21)9-2-3-10(19-6-9)22-7-13(16,17)12(14)15;/h2-3,6,8,12H,4-5,7,18H2,1H3,(H,20,21);1H. The van der Waals surface area contributed by atoms with E-state index >= 15 is 0 Å². The molecule has 1 unspecified atom stereocenters. The van der Waals surface area contributed by atoms with E-state index in [0.29, 0.717) is 13.1 Å². The zero-order valence-corrected chi connectivity index (χ0v) is 13.1. The maximum absolute atomic E-state index is 12.7. The quantitative estimate of drug-likeness (QED) is 0.697. The van der Waals surface area contributed by atoms with Crippen molar-refractivity contribution in [3.05, 3.63) is 23.9 Å². The van der Waals surface area contributed by atoms with Crippen molar-refractivity contribution in [1.82, 2.24) is 10.3 Å². The molecule has 0 aromatic carbocycles. The average molecular weight is 360 g/mol. The second-order valence-corrected chi connectivity index (χ2v) is 4.79. The van der Waals surface area contributed by atoms with Crippen LogP contribution in [0.2, 0.25) is 0 Å². The molecule has 23 heavy (non-hydrogen) atoms. The normalized spacial score (nSPS) is 12.5. The lowest BCUT2D eigenvalue weighted by molar-refractivity contribution is -0.148. The lowest BCUT2D eigenvalue weighted by Gasteiger charge is -2.15. The van der Waals surface area contributed by atoms with Crippen molar-refractivity contribution in [2.45, 2.75) is 19.3 Å². The Hall–Kier alpha value is -1.61. The molecule has 0 aliphatic carbocycles. The van der Waals surface area contributed by atoms with Crippen LogP contribution in [0.1, 0.15) is 17.3 Å². The monoisotopic (exact) mass is 359 g/mol. The van der Waals surface area contributed by atoms with Gasteiger partial charge in [-0.3, -0.25) is 4.79 Å². The molecule has 5 nitrogen and oxygen atoms in total. The van der Waals surface area contributed by atoms with E-state index in [-0.39, 0.29) is 29.8 Å². The number of pyridine rings is 1. The summed E-state index contributed by atoms with van der Waals surface area (Å²) in [7, 11) is 0. The molecule has 1 aromatic heterocycles. The number of alkyl halides is 4. The van der Waals surface area contributed by atoms with E-state index < -0.39 is 24.9 Å². The topological polar surface area (TPSA) is 77.2 Å². The van der Waals surface area contributed by atoms with Crippen LogP contribution in [0, 0.1) is 5.92 Å². The van der Waals surface area contributed by atoms with Gasteiger partial charge in [0, 0.05) is 18.8 Å². The summed E-state index contributed by atoms with van der Waals surface area (Å²) in [6.07, 6.45) is -2.71. The van der Waals surface area contributed by atoms with Crippen LogP contribution in [0.15, 0.2) is 18.3 Å². The molecule has 1 aromatic rings. The fourth-order valence-electron chi connectivity index (χ4n) is 1.29. The van der Waals surface area contributed by atoms with Crippen LogP contribution in [0.3, 0.4) is 0 Å². The van der Waals surface area contributed by atoms with E-state index in [1.54, 1.807) is 0 Å². The fraction of sp³-hybridized carbons (Fsp3) is 0.538. The molecule has 1 rings (SSSR count). The van der Waals surface area contributed by atoms with Crippen molar-refractivity contribution >= 4 is 18.3 Å². The minimum absolute atomic E-state index is 0. The lowest BCUT2D eigenvalue weighted by atomic mass is 10.2. The summed E-state index contributed by atoms with van der Waals surface area (Å²) in [5, 5.41) is 2.62. The third-order valence-corrected chi connectivity index (χ3v) is 2.74. The van der Waals surface area contributed by atoms with E-state index in [1.807, 2.05) is 6.92 Å². The number of nitrogens with zero attached hydrogens (tertiary/aromatic N) is 1. The highest BCUT2D eigenvalue weighted by Gasteiger charge is 2.41. The van der Waals surface area contributed by atoms with Gasteiger partial charge in [0.05, 0.1) is 5.56 Å². The van der Waals surface area contributed by atoms with Gasteiger partial charge in [-0.25, -0.2) is 13.8 Å². The lowest BCUT2D eigenvalue weighted by Crippen LogP contribution is -2.34. The third-order valence-electron chi connectivity index (χ3n) is 2.74. The summed E-state index contributed by atoms with van der Waals surface area (Å²) >= 11 is 0. The van der Waals surface area contributed by atoms with Gasteiger partial charge in [-0.1, -0.05) is 6.92 Å². The molecule has 1 atom stereocenters. The summed E-state index contributed by atoms with van der Waals surface area (Å²) in [6, 6.07) is 2.45. The first-order chi connectivity index (χ1) is 10.3. The number of hydrogen-bond acceptors (Lipinski definition) is 4. The van der Waals surface area contributed by atoms with E-state index in [2.05, 4.69) is 15.0 Å². The van der Waals surface area contributed by atoms with Crippen molar-refractivity contribution in [1.29, 1.82) is 0 Å². The Kier molecular flexibility index (Phi) is 8.85. The van der Waals surface area contributed by atoms with Crippen LogP contribution >= 0.6 is 12.4 Å². The summed E-state index contributed by atoms with van der Waals surface area (Å²) in [5.41, 5.74) is 5.60. The summed E-state index contributed by atoms with van der Waals surface area (Å²) in [5.74, 6) is -4.82. The van der Waals surface area contributed by atoms with Crippen LogP contribution < -0.4 is 15.8 Å². The Balaban J connectivity index is 0.00000484. The van der Waals surface area contributed by atoms with E-state index in [0.717, 1.165) is 12.3 Å². The number of hydrogen-bond donors (Lipinski definition) is 2. The maximum Gasteiger partial charge on any atom is 0.340 e. The molecular formula is C13H18ClF4N3O2. The minimum Gasteiger partial charge on any atom is -0.471 e. The van der Waals surface area contributed by atoms with Crippen molar-refractivity contribution in [3.8, 4) is 5.88 Å². The van der Waals surface area contributed by atoms with Gasteiger partial charge in [-0.15, -0.1) is 12.4 Å². The van der Waals surface area contributed by atoms with Gasteiger partial charge >= 0.3 is 12.3 Å². The van der Waals surface area contributed by atoms with Crippen molar-refractivity contribution in [2.75, 3.05) is 19.7 Å². The number of carbonyl (C=O) groups is 1. The number of amides is 1. The summed E-state index contributed by atoms with van der Waals surface area (Å²) in [4.78, 5) is 15.4. The maximum atomic E-state index is 12.7. The van der Waals surface area contributed by atoms with Gasteiger partial charge in [-0.2, -0.15) is 8.78 Å². The predicted octanol–water partition coefficient (Wildman–Crippen LogP) is 2.11. The molecule has 3 N–H and O–H groups in total. The summed E-state index contributed by atoms with van der Waals surface area (Å²) in [6.45, 7) is 1.17. The van der Waals surface area contributed by atoms with Crippen molar-refractivity contribution in [2.24, 2.45) is 11.7 Å². The fourth-order valence-corrected chi connectivity index (χ4v) is 1.29. The van der Waals surface area contributed by atoms with Gasteiger partial charge in [0.2, 0.25) is 5.88 Å². The molecule has 132 valence electrons. The van der Waals surface area contributed by atoms with Gasteiger partial charge in [0.25, 0.3) is 5.91 Å². The number of aromatic nitrogens is 1. The zero-order chi connectivity index (χ0) is 16.8. The molecule has 1 amide bonds. The van der Waals surface area contributed by atoms with Crippen LogP contribution in [-0.4, -0.2) is 42.9 Å². The van der Waals surface area contributed by atoms with Crippen molar-refractivity contribution < 1.29 is 27.1 Å². The molecule has 0 spiro atoms. The molecule has 10 heteroatoms. The van der Waals surface area contributed by atoms with Gasteiger partial charge < -0.3 is 15.8 Å². The number of rotatable bonds is 8. The first-order valence-corrected chi connectivity index (χ1v) is 6.49. The Bertz CT molecular complexity index is 489. The highest BCUT2D eigenvalue weighted by molar-refractivity contribution is 5.93. The van der Waals surface area contributed by atoms with E-state index in [4.69, 9.17) is 5.73 Å². The van der Waals surface area contributed by atoms with Crippen LogP contribution in [-0.2, 0) is 0 Å². The smallest absolute Gasteiger partial charge is 0.340 e. The second-order valence-electron chi connectivity index (χ2n) is 4.79. The van der Waals surface area contributed by atoms with E-state index in [9.17, 15) is 22.4 Å². The highest BCUT2D eigenvalue weighted by Crippen LogP contribution is 2.23. The molecule has 0 saturated heterocycles. The molecular weight excluding hydrogens is 342 g/mol. The third kappa shape index (κ3) is 7.00. The number of nitrogens with one attached hydrogen (secondary N) is 1. The number of carbonyl (C=O) groups excluding carboxylic acids is 1. The van der Waals surface area contributed by atoms with E-state index in [1.165, 1.54) is 6.07 Å². The predicted molar refractivity (Wildman–Crippen MR) is 78.5 cm³/mol. The summed E-state index contributed by atoms with van der Waals surface area (Å²) < 4.78 is 53.7. The molecule has 0 radical (unpaired) electrons. The molecule has 0 saturated carbocycles. The Labute approximate surface area is 137 Å². The van der Waals surface area contributed by atoms with Crippen LogP contribution in [0.5, 0.6) is 5.88 Å². The SMILES string of the molecule is CC(CN)CNC(=O)c1ccc(OCC(F)(F)C(F)F)nc1.Cl. The number of halogens is 5. The second kappa shape index (κ2) is 9.51. The van der Waals surface area contributed by atoms with Gasteiger partial charge in [-0.05, 0) is 18.5 Å². The zero-order valence-electron chi connectivity index (χ0n) is 12.3. The molecule has 0 fully saturated rings. The van der Waals surface area contributed by atoms with Crippen molar-refractivity contribution in [3.63, 3.8) is 0 Å². The number of nitrogens with two attached hydrogens (primary N) is 1. The highest BCUT2D eigenvalue weighted by atomic mass is 35.5. The first kappa shape index (κ1) is 21.4. The Morgan fingerprint density at radius 3 is 2.57 bits per heavy atom. The first-order valence-electron chi connectivity index (χ1n) is 6.49. The largest absolute Gasteiger partial charge is 0.471 e. The molecule has 0 aliphatic heterocycles.